The largest absolute Gasteiger partial charge is 0.461 e. The number of hydrogen-bond donors (Lipinski definition) is 6. The lowest BCUT2D eigenvalue weighted by Crippen LogP contribution is -2.73. The molecule has 0 bridgehead atoms. The summed E-state index contributed by atoms with van der Waals surface area (Å²) in [7, 11) is 0. The molecule has 15 atom stereocenters. The third-order valence-corrected chi connectivity index (χ3v) is 12.2. The summed E-state index contributed by atoms with van der Waals surface area (Å²) in [6.45, 7) is 3.71. The third kappa shape index (κ3) is 3.44. The molecule has 2 saturated heterocycles. The van der Waals surface area contributed by atoms with Crippen LogP contribution in [0.2, 0.25) is 0 Å². The van der Waals surface area contributed by atoms with Crippen molar-refractivity contribution in [1.82, 2.24) is 0 Å². The lowest BCUT2D eigenvalue weighted by atomic mass is 9.41. The summed E-state index contributed by atoms with van der Waals surface area (Å²) in [5.74, 6) is -2.23. The van der Waals surface area contributed by atoms with E-state index < -0.39 is 94.8 Å². The molecule has 6 N–H and O–H groups in total. The van der Waals surface area contributed by atoms with E-state index in [4.69, 9.17) is 18.9 Å². The quantitative estimate of drug-likeness (QED) is 0.178. The van der Waals surface area contributed by atoms with Gasteiger partial charge in [-0.25, -0.2) is 4.79 Å². The standard InChI is InChI=1S/C29H40O12/c1-12-21(32)22(33)23(34)24(39-12)40-14-8-18(30)29-20-16(3-5-27(29,36)9-14)28(37)6-4-15(13-7-19(31)38-11-13)26(28,2)10-17(20)41-25(29)35/h7,12,14-18,20-24,30,32-34,36-37H,3-6,8-11H2,1-2H3/t12-,14-,15+,16-,17-,18+,20+,21+,22+,23+,24-,26-,27+,28+,29+/m1/s1. The molecule has 1 spiro atoms. The second-order valence-corrected chi connectivity index (χ2v) is 13.9. The molecule has 0 aromatic rings. The molecule has 0 aromatic carbocycles. The zero-order valence-electron chi connectivity index (χ0n) is 23.2. The van der Waals surface area contributed by atoms with Crippen molar-refractivity contribution in [3.05, 3.63) is 11.6 Å². The van der Waals surface area contributed by atoms with Crippen molar-refractivity contribution in [3.63, 3.8) is 0 Å². The molecule has 41 heavy (non-hydrogen) atoms. The van der Waals surface area contributed by atoms with E-state index in [1.165, 1.54) is 13.0 Å². The molecule has 0 aromatic heterocycles. The summed E-state index contributed by atoms with van der Waals surface area (Å²) in [6, 6.07) is 0. The Hall–Kier alpha value is -1.64. The molecule has 3 heterocycles. The van der Waals surface area contributed by atoms with Gasteiger partial charge in [0.25, 0.3) is 0 Å². The number of hydrogen-bond acceptors (Lipinski definition) is 12. The van der Waals surface area contributed by atoms with E-state index in [0.717, 1.165) is 5.57 Å². The Balaban J connectivity index is 1.19. The van der Waals surface area contributed by atoms with Crippen LogP contribution in [0.15, 0.2) is 11.6 Å². The molecule has 12 heteroatoms. The topological polar surface area (TPSA) is 192 Å². The fraction of sp³-hybridized carbons (Fsp3) is 0.862. The van der Waals surface area contributed by atoms with E-state index >= 15 is 0 Å². The molecule has 7 rings (SSSR count). The Morgan fingerprint density at radius 2 is 1.76 bits per heavy atom. The summed E-state index contributed by atoms with van der Waals surface area (Å²) in [5, 5.41) is 67.1. The zero-order valence-corrected chi connectivity index (χ0v) is 23.2. The normalized spacial score (nSPS) is 57.8. The molecule has 228 valence electrons. The van der Waals surface area contributed by atoms with Gasteiger partial charge in [-0.15, -0.1) is 0 Å². The van der Waals surface area contributed by atoms with Crippen molar-refractivity contribution < 1.29 is 59.2 Å². The van der Waals surface area contributed by atoms with Gasteiger partial charge in [-0.2, -0.15) is 0 Å². The number of carbonyl (C=O) groups is 2. The van der Waals surface area contributed by atoms with Crippen LogP contribution in [0, 0.1) is 28.6 Å². The van der Waals surface area contributed by atoms with Crippen LogP contribution < -0.4 is 0 Å². The molecule has 4 saturated carbocycles. The minimum absolute atomic E-state index is 0.0423. The van der Waals surface area contributed by atoms with Crippen LogP contribution in [-0.2, 0) is 28.5 Å². The summed E-state index contributed by atoms with van der Waals surface area (Å²) >= 11 is 0. The molecule has 0 radical (unpaired) electrons. The first-order valence-electron chi connectivity index (χ1n) is 14.8. The van der Waals surface area contributed by atoms with Gasteiger partial charge in [-0.05, 0) is 56.4 Å². The van der Waals surface area contributed by atoms with Gasteiger partial charge in [0, 0.05) is 30.3 Å². The Kier molecular flexibility index (Phi) is 6.14. The van der Waals surface area contributed by atoms with Gasteiger partial charge >= 0.3 is 11.9 Å². The van der Waals surface area contributed by atoms with Crippen LogP contribution in [0.4, 0.5) is 0 Å². The van der Waals surface area contributed by atoms with Crippen LogP contribution >= 0.6 is 0 Å². The predicted octanol–water partition coefficient (Wildman–Crippen LogP) is -0.943. The van der Waals surface area contributed by atoms with Crippen LogP contribution in [0.5, 0.6) is 0 Å². The number of aliphatic hydroxyl groups excluding tert-OH is 4. The molecule has 12 nitrogen and oxygen atoms in total. The van der Waals surface area contributed by atoms with E-state index in [1.807, 2.05) is 6.92 Å². The Morgan fingerprint density at radius 3 is 2.46 bits per heavy atom. The van der Waals surface area contributed by atoms with Gasteiger partial charge < -0.3 is 49.6 Å². The van der Waals surface area contributed by atoms with Gasteiger partial charge in [0.1, 0.15) is 36.4 Å². The molecular formula is C29H40O12. The first-order chi connectivity index (χ1) is 19.3. The molecule has 7 aliphatic rings. The smallest absolute Gasteiger partial charge is 0.331 e. The van der Waals surface area contributed by atoms with E-state index in [2.05, 4.69) is 0 Å². The summed E-state index contributed by atoms with van der Waals surface area (Å²) < 4.78 is 22.7. The number of cyclic esters (lactones) is 1. The van der Waals surface area contributed by atoms with Gasteiger partial charge in [-0.1, -0.05) is 6.92 Å². The number of aliphatic hydroxyl groups is 6. The monoisotopic (exact) mass is 580 g/mol. The maximum atomic E-state index is 13.8. The number of carbonyl (C=O) groups excluding carboxylic acids is 2. The Labute approximate surface area is 237 Å². The minimum atomic E-state index is -1.71. The molecule has 4 aliphatic carbocycles. The van der Waals surface area contributed by atoms with Crippen molar-refractivity contribution in [2.45, 2.75) is 119 Å². The van der Waals surface area contributed by atoms with Crippen molar-refractivity contribution in [1.29, 1.82) is 0 Å². The molecule has 3 aliphatic heterocycles. The molecular weight excluding hydrogens is 540 g/mol. The van der Waals surface area contributed by atoms with Crippen molar-refractivity contribution >= 4 is 11.9 Å². The van der Waals surface area contributed by atoms with Gasteiger partial charge in [0.2, 0.25) is 0 Å². The average Bonchev–Trinajstić information content (AvgIpc) is 3.54. The Morgan fingerprint density at radius 1 is 1.00 bits per heavy atom. The van der Waals surface area contributed by atoms with Crippen LogP contribution in [0.1, 0.15) is 58.8 Å². The fourth-order valence-electron chi connectivity index (χ4n) is 10.4. The number of ether oxygens (including phenoxy) is 4. The van der Waals surface area contributed by atoms with E-state index in [-0.39, 0.29) is 31.8 Å². The van der Waals surface area contributed by atoms with Gasteiger partial charge in [0.05, 0.1) is 29.5 Å². The lowest BCUT2D eigenvalue weighted by molar-refractivity contribution is -0.324. The SMILES string of the molecule is C[C@H]1O[C@H](O[C@@H]2C[C@H](O)[C@]34C(=O)O[C@@H]5C[C@]6(C)[C@H](C7=CC(=O)OC7)CC[C@]6(O)[C@H](CC[C@]3(O)C2)[C@@H]54)[C@@H](O)[C@@H](O)[C@H]1O. The second kappa shape index (κ2) is 8.95. The maximum absolute atomic E-state index is 13.8. The van der Waals surface area contributed by atoms with Crippen LogP contribution in [0.25, 0.3) is 0 Å². The highest BCUT2D eigenvalue weighted by Crippen LogP contribution is 2.73. The summed E-state index contributed by atoms with van der Waals surface area (Å²) in [4.78, 5) is 25.7. The minimum Gasteiger partial charge on any atom is -0.461 e. The molecule has 0 amide bonds. The van der Waals surface area contributed by atoms with Crippen LogP contribution in [0.3, 0.4) is 0 Å². The van der Waals surface area contributed by atoms with Gasteiger partial charge in [-0.3, -0.25) is 4.79 Å². The first kappa shape index (κ1) is 28.1. The maximum Gasteiger partial charge on any atom is 0.331 e. The fourth-order valence-corrected chi connectivity index (χ4v) is 10.4. The Bertz CT molecular complexity index is 1170. The number of fused-ring (bicyclic) bond motifs is 2. The van der Waals surface area contributed by atoms with Crippen molar-refractivity contribution in [2.24, 2.45) is 28.6 Å². The van der Waals surface area contributed by atoms with E-state index in [1.54, 1.807) is 0 Å². The summed E-state index contributed by atoms with van der Waals surface area (Å²) in [5.41, 5.74) is -4.41. The van der Waals surface area contributed by atoms with Gasteiger partial charge in [0.15, 0.2) is 6.29 Å². The highest BCUT2D eigenvalue weighted by molar-refractivity contribution is 5.85. The third-order valence-electron chi connectivity index (χ3n) is 12.2. The highest BCUT2D eigenvalue weighted by Gasteiger charge is 2.81. The lowest BCUT2D eigenvalue weighted by Gasteiger charge is -2.64. The van der Waals surface area contributed by atoms with Crippen molar-refractivity contribution in [3.8, 4) is 0 Å². The van der Waals surface area contributed by atoms with E-state index in [0.29, 0.717) is 25.7 Å². The van der Waals surface area contributed by atoms with E-state index in [9.17, 15) is 40.2 Å². The predicted molar refractivity (Wildman–Crippen MR) is 135 cm³/mol. The molecule has 0 unspecified atom stereocenters. The number of rotatable bonds is 3. The first-order valence-corrected chi connectivity index (χ1v) is 14.8. The average molecular weight is 581 g/mol. The zero-order chi connectivity index (χ0) is 29.3. The highest BCUT2D eigenvalue weighted by atomic mass is 16.7. The van der Waals surface area contributed by atoms with Crippen molar-refractivity contribution in [2.75, 3.05) is 6.61 Å². The number of esters is 2. The molecule has 6 fully saturated rings. The van der Waals surface area contributed by atoms with Crippen LogP contribution in [-0.4, -0.2) is 109 Å². The summed E-state index contributed by atoms with van der Waals surface area (Å²) in [6.07, 6.45) is -5.91. The second-order valence-electron chi connectivity index (χ2n) is 13.9.